The molecule has 0 aliphatic rings. The summed E-state index contributed by atoms with van der Waals surface area (Å²) in [7, 11) is 1.57. The standard InChI is InChI=1S/C24H25N5O2S/c1-13(2)29-22-20(12-26-29)19(11-21(28-22)18-9-14(3)32-15(18)4)24(31)27-17-8-6-7-16(10-17)23(30)25-5/h6-13H,1-5H3,(H,25,30)(H,27,31). The molecule has 3 aromatic heterocycles. The molecule has 8 heteroatoms. The zero-order valence-corrected chi connectivity index (χ0v) is 19.5. The predicted octanol–water partition coefficient (Wildman–Crippen LogP) is 4.97. The number of benzene rings is 1. The first-order chi connectivity index (χ1) is 15.3. The van der Waals surface area contributed by atoms with E-state index in [1.54, 1.807) is 48.8 Å². The fourth-order valence-electron chi connectivity index (χ4n) is 3.69. The lowest BCUT2D eigenvalue weighted by Gasteiger charge is -2.11. The molecule has 32 heavy (non-hydrogen) atoms. The number of thiophene rings is 1. The van der Waals surface area contributed by atoms with Gasteiger partial charge in [0.2, 0.25) is 0 Å². The summed E-state index contributed by atoms with van der Waals surface area (Å²) in [4.78, 5) is 32.5. The van der Waals surface area contributed by atoms with Crippen LogP contribution in [0.1, 0.15) is 50.4 Å². The van der Waals surface area contributed by atoms with Gasteiger partial charge in [-0.05, 0) is 58.0 Å². The van der Waals surface area contributed by atoms with Gasteiger partial charge in [-0.3, -0.25) is 9.59 Å². The van der Waals surface area contributed by atoms with Crippen molar-refractivity contribution in [2.45, 2.75) is 33.7 Å². The topological polar surface area (TPSA) is 88.9 Å². The van der Waals surface area contributed by atoms with E-state index in [4.69, 9.17) is 4.98 Å². The molecule has 4 rings (SSSR count). The molecule has 0 aliphatic carbocycles. The van der Waals surface area contributed by atoms with Gasteiger partial charge in [0.15, 0.2) is 5.65 Å². The molecule has 0 saturated carbocycles. The Labute approximate surface area is 190 Å². The van der Waals surface area contributed by atoms with E-state index in [-0.39, 0.29) is 17.9 Å². The number of pyridine rings is 1. The Balaban J connectivity index is 1.81. The number of nitrogens with one attached hydrogen (secondary N) is 2. The van der Waals surface area contributed by atoms with Crippen molar-refractivity contribution in [2.75, 3.05) is 12.4 Å². The van der Waals surface area contributed by atoms with E-state index in [0.29, 0.717) is 27.8 Å². The normalized spacial score (nSPS) is 11.2. The zero-order valence-electron chi connectivity index (χ0n) is 18.7. The van der Waals surface area contributed by atoms with Crippen molar-refractivity contribution >= 4 is 39.9 Å². The number of aryl methyl sites for hydroxylation is 2. The van der Waals surface area contributed by atoms with E-state index >= 15 is 0 Å². The zero-order chi connectivity index (χ0) is 23.0. The van der Waals surface area contributed by atoms with Crippen molar-refractivity contribution in [1.29, 1.82) is 0 Å². The molecule has 0 saturated heterocycles. The molecule has 1 aromatic carbocycles. The summed E-state index contributed by atoms with van der Waals surface area (Å²) in [6.07, 6.45) is 1.69. The lowest BCUT2D eigenvalue weighted by molar-refractivity contribution is 0.0961. The van der Waals surface area contributed by atoms with Gasteiger partial charge in [-0.15, -0.1) is 11.3 Å². The molecular weight excluding hydrogens is 422 g/mol. The second kappa shape index (κ2) is 8.55. The average Bonchev–Trinajstić information content (AvgIpc) is 3.35. The molecule has 3 heterocycles. The fraction of sp³-hybridized carbons (Fsp3) is 0.250. The summed E-state index contributed by atoms with van der Waals surface area (Å²) >= 11 is 1.70. The number of hydrogen-bond acceptors (Lipinski definition) is 5. The van der Waals surface area contributed by atoms with Crippen molar-refractivity contribution in [3.63, 3.8) is 0 Å². The molecule has 0 unspecified atom stereocenters. The number of rotatable bonds is 5. The molecule has 0 aliphatic heterocycles. The summed E-state index contributed by atoms with van der Waals surface area (Å²) < 4.78 is 1.83. The van der Waals surface area contributed by atoms with Gasteiger partial charge >= 0.3 is 0 Å². The molecule has 0 atom stereocenters. The van der Waals surface area contributed by atoms with Crippen LogP contribution in [0.15, 0.2) is 42.6 Å². The van der Waals surface area contributed by atoms with Crippen LogP contribution in [0.5, 0.6) is 0 Å². The van der Waals surface area contributed by atoms with Crippen LogP contribution >= 0.6 is 11.3 Å². The van der Waals surface area contributed by atoms with E-state index in [9.17, 15) is 9.59 Å². The first-order valence-electron chi connectivity index (χ1n) is 10.4. The van der Waals surface area contributed by atoms with Crippen LogP contribution in [0.25, 0.3) is 22.3 Å². The summed E-state index contributed by atoms with van der Waals surface area (Å²) in [6.45, 7) is 8.18. The van der Waals surface area contributed by atoms with Crippen molar-refractivity contribution < 1.29 is 9.59 Å². The van der Waals surface area contributed by atoms with Gasteiger partial charge in [-0.1, -0.05) is 6.07 Å². The van der Waals surface area contributed by atoms with E-state index < -0.39 is 0 Å². The number of hydrogen-bond donors (Lipinski definition) is 2. The van der Waals surface area contributed by atoms with Gasteiger partial charge in [-0.2, -0.15) is 5.10 Å². The van der Waals surface area contributed by atoms with Crippen molar-refractivity contribution in [2.24, 2.45) is 0 Å². The van der Waals surface area contributed by atoms with Gasteiger partial charge in [0.1, 0.15) is 0 Å². The molecule has 0 bridgehead atoms. The third-order valence-corrected chi connectivity index (χ3v) is 6.19. The SMILES string of the molecule is CNC(=O)c1cccc(NC(=O)c2cc(-c3cc(C)sc3C)nc3c2cnn3C(C)C)c1. The van der Waals surface area contributed by atoms with E-state index in [0.717, 1.165) is 16.1 Å². The van der Waals surface area contributed by atoms with Crippen LogP contribution in [-0.2, 0) is 0 Å². The molecule has 0 radical (unpaired) electrons. The summed E-state index contributed by atoms with van der Waals surface area (Å²) in [5.41, 5.74) is 3.94. The maximum Gasteiger partial charge on any atom is 0.256 e. The Morgan fingerprint density at radius 1 is 1.09 bits per heavy atom. The smallest absolute Gasteiger partial charge is 0.256 e. The average molecular weight is 448 g/mol. The molecule has 2 amide bonds. The Kier molecular flexibility index (Phi) is 5.80. The van der Waals surface area contributed by atoms with Crippen molar-refractivity contribution in [3.05, 3.63) is 63.5 Å². The van der Waals surface area contributed by atoms with E-state index in [1.165, 1.54) is 4.88 Å². The first-order valence-corrected chi connectivity index (χ1v) is 11.2. The van der Waals surface area contributed by atoms with Crippen LogP contribution < -0.4 is 10.6 Å². The monoisotopic (exact) mass is 447 g/mol. The Morgan fingerprint density at radius 2 is 1.88 bits per heavy atom. The van der Waals surface area contributed by atoms with Gasteiger partial charge in [0.25, 0.3) is 11.8 Å². The number of nitrogens with zero attached hydrogens (tertiary/aromatic N) is 3. The summed E-state index contributed by atoms with van der Waals surface area (Å²) in [6, 6.07) is 10.9. The Bertz CT molecular complexity index is 1340. The number of fused-ring (bicyclic) bond motifs is 1. The van der Waals surface area contributed by atoms with Crippen LogP contribution in [-0.4, -0.2) is 33.6 Å². The summed E-state index contributed by atoms with van der Waals surface area (Å²) in [5, 5.41) is 10.7. The van der Waals surface area contributed by atoms with E-state index in [2.05, 4.69) is 35.6 Å². The fourth-order valence-corrected chi connectivity index (χ4v) is 4.62. The largest absolute Gasteiger partial charge is 0.355 e. The van der Waals surface area contributed by atoms with E-state index in [1.807, 2.05) is 24.6 Å². The second-order valence-corrected chi connectivity index (χ2v) is 9.38. The highest BCUT2D eigenvalue weighted by molar-refractivity contribution is 7.12. The predicted molar refractivity (Wildman–Crippen MR) is 128 cm³/mol. The Morgan fingerprint density at radius 3 is 2.53 bits per heavy atom. The van der Waals surface area contributed by atoms with Gasteiger partial charge in [0, 0.05) is 39.7 Å². The van der Waals surface area contributed by atoms with Crippen LogP contribution in [0.2, 0.25) is 0 Å². The molecule has 4 aromatic rings. The molecule has 0 spiro atoms. The Hall–Kier alpha value is -3.52. The lowest BCUT2D eigenvalue weighted by atomic mass is 10.1. The third kappa shape index (κ3) is 4.01. The van der Waals surface area contributed by atoms with Gasteiger partial charge < -0.3 is 10.6 Å². The minimum atomic E-state index is -0.277. The molecular formula is C24H25N5O2S. The van der Waals surface area contributed by atoms with Crippen LogP contribution in [0.3, 0.4) is 0 Å². The number of aromatic nitrogens is 3. The lowest BCUT2D eigenvalue weighted by Crippen LogP contribution is -2.18. The van der Waals surface area contributed by atoms with Crippen LogP contribution in [0.4, 0.5) is 5.69 Å². The quantitative estimate of drug-likeness (QED) is 0.452. The van der Waals surface area contributed by atoms with Gasteiger partial charge in [-0.25, -0.2) is 9.67 Å². The van der Waals surface area contributed by atoms with Crippen LogP contribution in [0, 0.1) is 13.8 Å². The molecule has 2 N–H and O–H groups in total. The number of anilines is 1. The maximum atomic E-state index is 13.4. The maximum absolute atomic E-state index is 13.4. The van der Waals surface area contributed by atoms with Crippen molar-refractivity contribution in [3.8, 4) is 11.3 Å². The minimum Gasteiger partial charge on any atom is -0.355 e. The summed E-state index contributed by atoms with van der Waals surface area (Å²) in [5.74, 6) is -0.489. The number of carbonyl (C=O) groups is 2. The molecule has 0 fully saturated rings. The number of amides is 2. The number of carbonyl (C=O) groups excluding carboxylic acids is 2. The first kappa shape index (κ1) is 21.7. The highest BCUT2D eigenvalue weighted by atomic mass is 32.1. The highest BCUT2D eigenvalue weighted by Crippen LogP contribution is 2.32. The highest BCUT2D eigenvalue weighted by Gasteiger charge is 2.20. The van der Waals surface area contributed by atoms with Gasteiger partial charge in [0.05, 0.1) is 22.8 Å². The molecule has 7 nitrogen and oxygen atoms in total. The second-order valence-electron chi connectivity index (χ2n) is 7.92. The minimum absolute atomic E-state index is 0.0979. The molecule has 164 valence electrons. The van der Waals surface area contributed by atoms with Crippen molar-refractivity contribution in [1.82, 2.24) is 20.1 Å². The third-order valence-electron chi connectivity index (χ3n) is 5.23.